The SMILES string of the molecule is N#CC1=C(N)Oc2c(c3nc4ccccc4nc3c3ccccc23)C12C(=O)Nc1ccc(Cc3cccc4ccccc34)cc12. The normalized spacial score (nSPS) is 17.0. The zero-order chi connectivity index (χ0) is 30.3. The third-order valence-electron chi connectivity index (χ3n) is 9.13. The van der Waals surface area contributed by atoms with E-state index in [-0.39, 0.29) is 17.4 Å². The number of hydrogen-bond acceptors (Lipinski definition) is 6. The second-order valence-electron chi connectivity index (χ2n) is 11.5. The first-order valence-corrected chi connectivity index (χ1v) is 14.7. The fourth-order valence-corrected chi connectivity index (χ4v) is 7.18. The summed E-state index contributed by atoms with van der Waals surface area (Å²) in [5.41, 5.74) is 11.4. The molecule has 3 N–H and O–H groups in total. The van der Waals surface area contributed by atoms with Gasteiger partial charge in [-0.15, -0.1) is 0 Å². The van der Waals surface area contributed by atoms with Crippen LogP contribution in [0, 0.1) is 11.3 Å². The highest BCUT2D eigenvalue weighted by atomic mass is 16.5. The van der Waals surface area contributed by atoms with E-state index in [2.05, 4.69) is 41.7 Å². The standard InChI is InChI=1S/C38H23N5O2/c39-20-28-36(40)45-35-26-13-4-3-12-25(26)33-34(42-31-15-6-5-14-30(31)41-33)32(35)38(28)27-19-21(16-17-29(27)43-37(38)44)18-23-10-7-9-22-8-1-2-11-24(22)23/h1-17,19H,18,40H2,(H,43,44). The monoisotopic (exact) mass is 581 g/mol. The van der Waals surface area contributed by atoms with Gasteiger partial charge in [0.25, 0.3) is 0 Å². The Balaban J connectivity index is 1.38. The van der Waals surface area contributed by atoms with E-state index >= 15 is 0 Å². The number of nitriles is 1. The summed E-state index contributed by atoms with van der Waals surface area (Å²) in [6.45, 7) is 0. The Kier molecular flexibility index (Phi) is 5.12. The highest BCUT2D eigenvalue weighted by Crippen LogP contribution is 2.57. The number of nitrogens with zero attached hydrogens (tertiary/aromatic N) is 3. The van der Waals surface area contributed by atoms with Gasteiger partial charge >= 0.3 is 0 Å². The lowest BCUT2D eigenvalue weighted by molar-refractivity contribution is -0.118. The lowest BCUT2D eigenvalue weighted by Crippen LogP contribution is -2.43. The van der Waals surface area contributed by atoms with Crippen LogP contribution < -0.4 is 15.8 Å². The minimum atomic E-state index is -1.60. The molecule has 0 bridgehead atoms. The number of anilines is 1. The zero-order valence-corrected chi connectivity index (χ0v) is 23.8. The summed E-state index contributed by atoms with van der Waals surface area (Å²) in [7, 11) is 0. The Morgan fingerprint density at radius 3 is 2.29 bits per heavy atom. The van der Waals surface area contributed by atoms with Crippen LogP contribution in [0.4, 0.5) is 5.69 Å². The molecule has 0 saturated carbocycles. The smallest absolute Gasteiger partial charge is 0.245 e. The Morgan fingerprint density at radius 2 is 1.49 bits per heavy atom. The number of nitrogens with two attached hydrogens (primary N) is 1. The summed E-state index contributed by atoms with van der Waals surface area (Å²) in [6, 6.07) is 38.1. The van der Waals surface area contributed by atoms with Crippen LogP contribution in [0.15, 0.2) is 121 Å². The van der Waals surface area contributed by atoms with Crippen molar-refractivity contribution >= 4 is 55.2 Å². The summed E-state index contributed by atoms with van der Waals surface area (Å²) < 4.78 is 6.28. The Labute approximate surface area is 257 Å². The highest BCUT2D eigenvalue weighted by molar-refractivity contribution is 6.19. The van der Waals surface area contributed by atoms with Gasteiger partial charge in [-0.05, 0) is 46.5 Å². The van der Waals surface area contributed by atoms with Crippen LogP contribution in [0.1, 0.15) is 22.3 Å². The lowest BCUT2D eigenvalue weighted by atomic mass is 9.67. The van der Waals surface area contributed by atoms with Crippen LogP contribution in [-0.4, -0.2) is 15.9 Å². The van der Waals surface area contributed by atoms with Crippen LogP contribution in [0.25, 0.3) is 43.6 Å². The lowest BCUT2D eigenvalue weighted by Gasteiger charge is -2.35. The molecule has 7 nitrogen and oxygen atoms in total. The van der Waals surface area contributed by atoms with Crippen LogP contribution >= 0.6 is 0 Å². The number of amides is 1. The van der Waals surface area contributed by atoms with Crippen molar-refractivity contribution in [3.05, 3.63) is 143 Å². The average Bonchev–Trinajstić information content (AvgIpc) is 3.35. The molecular formula is C38H23N5O2. The summed E-state index contributed by atoms with van der Waals surface area (Å²) >= 11 is 0. The van der Waals surface area contributed by atoms with E-state index in [1.54, 1.807) is 0 Å². The van der Waals surface area contributed by atoms with Crippen molar-refractivity contribution in [3.63, 3.8) is 0 Å². The summed E-state index contributed by atoms with van der Waals surface area (Å²) in [4.78, 5) is 24.6. The largest absolute Gasteiger partial charge is 0.439 e. The number of carbonyl (C=O) groups excluding carboxylic acids is 1. The fraction of sp³-hybridized carbons (Fsp3) is 0.0526. The molecule has 0 saturated heterocycles. The maximum atomic E-state index is 14.5. The van der Waals surface area contributed by atoms with E-state index in [0.29, 0.717) is 45.5 Å². The van der Waals surface area contributed by atoms with Gasteiger partial charge in [-0.3, -0.25) is 4.79 Å². The second kappa shape index (κ2) is 9.12. The molecule has 2 aliphatic rings. The van der Waals surface area contributed by atoms with E-state index < -0.39 is 5.41 Å². The van der Waals surface area contributed by atoms with E-state index in [1.807, 2.05) is 78.9 Å². The van der Waals surface area contributed by atoms with Crippen molar-refractivity contribution in [2.75, 3.05) is 5.32 Å². The van der Waals surface area contributed by atoms with Crippen LogP contribution in [-0.2, 0) is 16.6 Å². The quantitative estimate of drug-likeness (QED) is 0.168. The summed E-state index contributed by atoms with van der Waals surface area (Å²) in [5, 5.41) is 17.6. The Bertz CT molecular complexity index is 2520. The van der Waals surface area contributed by atoms with Crippen molar-refractivity contribution in [1.29, 1.82) is 5.26 Å². The van der Waals surface area contributed by atoms with Gasteiger partial charge in [0.1, 0.15) is 22.8 Å². The molecule has 9 rings (SSSR count). The van der Waals surface area contributed by atoms with Crippen molar-refractivity contribution < 1.29 is 9.53 Å². The predicted molar refractivity (Wildman–Crippen MR) is 175 cm³/mol. The number of benzene rings is 6. The number of hydrogen-bond donors (Lipinski definition) is 2. The molecule has 212 valence electrons. The maximum absolute atomic E-state index is 14.5. The third-order valence-corrected chi connectivity index (χ3v) is 9.13. The van der Waals surface area contributed by atoms with Gasteiger partial charge in [0, 0.05) is 27.6 Å². The molecule has 1 amide bonds. The van der Waals surface area contributed by atoms with Gasteiger partial charge in [-0.1, -0.05) is 91.0 Å². The highest BCUT2D eigenvalue weighted by Gasteiger charge is 2.58. The first-order chi connectivity index (χ1) is 22.1. The number of carbonyl (C=O) groups is 1. The minimum Gasteiger partial charge on any atom is -0.439 e. The average molecular weight is 582 g/mol. The van der Waals surface area contributed by atoms with Gasteiger partial charge in [0.2, 0.25) is 11.8 Å². The van der Waals surface area contributed by atoms with Gasteiger partial charge in [0.05, 0.1) is 22.1 Å². The molecule has 2 aliphatic heterocycles. The molecule has 45 heavy (non-hydrogen) atoms. The number of fused-ring (bicyclic) bond motifs is 11. The van der Waals surface area contributed by atoms with Gasteiger partial charge < -0.3 is 15.8 Å². The molecule has 7 heteroatoms. The number of nitrogens with one attached hydrogen (secondary N) is 1. The maximum Gasteiger partial charge on any atom is 0.245 e. The van der Waals surface area contributed by atoms with Crippen molar-refractivity contribution in [1.82, 2.24) is 9.97 Å². The molecule has 3 heterocycles. The molecule has 0 fully saturated rings. The zero-order valence-electron chi connectivity index (χ0n) is 23.8. The van der Waals surface area contributed by atoms with E-state index in [1.165, 1.54) is 5.39 Å². The number of rotatable bonds is 2. The van der Waals surface area contributed by atoms with E-state index in [0.717, 1.165) is 32.8 Å². The van der Waals surface area contributed by atoms with E-state index in [9.17, 15) is 10.1 Å². The molecule has 1 unspecified atom stereocenters. The third kappa shape index (κ3) is 3.36. The Morgan fingerprint density at radius 1 is 0.800 bits per heavy atom. The predicted octanol–water partition coefficient (Wildman–Crippen LogP) is 7.00. The molecule has 6 aromatic carbocycles. The van der Waals surface area contributed by atoms with Crippen LogP contribution in [0.2, 0.25) is 0 Å². The first-order valence-electron chi connectivity index (χ1n) is 14.7. The minimum absolute atomic E-state index is 0.0279. The van der Waals surface area contributed by atoms with Gasteiger partial charge in [-0.2, -0.15) is 5.26 Å². The topological polar surface area (TPSA) is 114 Å². The first kappa shape index (κ1) is 25.3. The number of ether oxygens (including phenoxy) is 1. The molecule has 1 atom stereocenters. The van der Waals surface area contributed by atoms with Crippen LogP contribution in [0.3, 0.4) is 0 Å². The number of para-hydroxylation sites is 2. The van der Waals surface area contributed by atoms with Crippen molar-refractivity contribution in [3.8, 4) is 11.8 Å². The van der Waals surface area contributed by atoms with E-state index in [4.69, 9.17) is 20.4 Å². The Hall–Kier alpha value is -6.26. The number of aromatic nitrogens is 2. The molecule has 7 aromatic rings. The van der Waals surface area contributed by atoms with Crippen molar-refractivity contribution in [2.24, 2.45) is 5.73 Å². The molecular weight excluding hydrogens is 558 g/mol. The molecule has 0 aliphatic carbocycles. The fourth-order valence-electron chi connectivity index (χ4n) is 7.18. The molecule has 1 spiro atoms. The van der Waals surface area contributed by atoms with Gasteiger partial charge in [-0.25, -0.2) is 9.97 Å². The second-order valence-corrected chi connectivity index (χ2v) is 11.5. The van der Waals surface area contributed by atoms with Gasteiger partial charge in [0.15, 0.2) is 0 Å². The van der Waals surface area contributed by atoms with Crippen LogP contribution in [0.5, 0.6) is 5.75 Å². The summed E-state index contributed by atoms with van der Waals surface area (Å²) in [6.07, 6.45) is 0.631. The molecule has 0 radical (unpaired) electrons. The summed E-state index contributed by atoms with van der Waals surface area (Å²) in [5.74, 6) is -0.0808. The molecule has 1 aromatic heterocycles. The van der Waals surface area contributed by atoms with Crippen molar-refractivity contribution in [2.45, 2.75) is 11.8 Å².